The van der Waals surface area contributed by atoms with Gasteiger partial charge in [0.25, 0.3) is 5.91 Å². The van der Waals surface area contributed by atoms with Crippen LogP contribution in [0.15, 0.2) is 36.7 Å². The molecule has 1 fully saturated rings. The van der Waals surface area contributed by atoms with Crippen LogP contribution in [0.1, 0.15) is 22.5 Å². The van der Waals surface area contributed by atoms with Crippen LogP contribution in [0.2, 0.25) is 0 Å². The third-order valence-electron chi connectivity index (χ3n) is 4.37. The molecule has 0 saturated carbocycles. The first-order valence-corrected chi connectivity index (χ1v) is 9.94. The number of carbonyl (C=O) groups is 1. The molecule has 26 heavy (non-hydrogen) atoms. The van der Waals surface area contributed by atoms with Crippen LogP contribution in [-0.4, -0.2) is 48.9 Å². The van der Waals surface area contributed by atoms with Crippen LogP contribution < -0.4 is 10.2 Å². The lowest BCUT2D eigenvalue weighted by Crippen LogP contribution is -2.33. The summed E-state index contributed by atoms with van der Waals surface area (Å²) in [6.07, 6.45) is 1.82. The summed E-state index contributed by atoms with van der Waals surface area (Å²) >= 11 is 0. The summed E-state index contributed by atoms with van der Waals surface area (Å²) < 4.78 is 36.2. The number of amides is 1. The van der Waals surface area contributed by atoms with E-state index in [0.717, 1.165) is 5.56 Å². The SMILES string of the molecule is CN(c1cc(C(=O)NCc2ccc(F)cc2)ncn1)C1CCS(=O)(=O)C1. The number of benzene rings is 1. The van der Waals surface area contributed by atoms with E-state index in [2.05, 4.69) is 15.3 Å². The Bertz CT molecular complexity index is 902. The largest absolute Gasteiger partial charge is 0.356 e. The summed E-state index contributed by atoms with van der Waals surface area (Å²) in [4.78, 5) is 22.2. The quantitative estimate of drug-likeness (QED) is 0.840. The Morgan fingerprint density at radius 3 is 2.69 bits per heavy atom. The van der Waals surface area contributed by atoms with Gasteiger partial charge in [0.1, 0.15) is 23.7 Å². The molecule has 1 aromatic carbocycles. The molecule has 2 heterocycles. The fraction of sp³-hybridized carbons (Fsp3) is 0.353. The Morgan fingerprint density at radius 1 is 1.31 bits per heavy atom. The van der Waals surface area contributed by atoms with Gasteiger partial charge < -0.3 is 10.2 Å². The smallest absolute Gasteiger partial charge is 0.270 e. The van der Waals surface area contributed by atoms with Gasteiger partial charge in [-0.2, -0.15) is 0 Å². The highest BCUT2D eigenvalue weighted by atomic mass is 32.2. The molecule has 0 aliphatic carbocycles. The average molecular weight is 378 g/mol. The Balaban J connectivity index is 1.66. The number of aromatic nitrogens is 2. The summed E-state index contributed by atoms with van der Waals surface area (Å²) in [6.45, 7) is 0.245. The lowest BCUT2D eigenvalue weighted by Gasteiger charge is -2.24. The van der Waals surface area contributed by atoms with Crippen LogP contribution in [0.5, 0.6) is 0 Å². The van der Waals surface area contributed by atoms with Gasteiger partial charge in [-0.15, -0.1) is 0 Å². The molecule has 1 unspecified atom stereocenters. The Labute approximate surface area is 151 Å². The predicted octanol–water partition coefficient (Wildman–Crippen LogP) is 1.17. The number of carbonyl (C=O) groups excluding carboxylic acids is 1. The summed E-state index contributed by atoms with van der Waals surface area (Å²) in [5, 5.41) is 2.72. The number of sulfone groups is 1. The van der Waals surface area contributed by atoms with Crippen molar-refractivity contribution in [1.82, 2.24) is 15.3 Å². The molecule has 1 aromatic heterocycles. The Morgan fingerprint density at radius 2 is 2.04 bits per heavy atom. The van der Waals surface area contributed by atoms with Gasteiger partial charge in [0.2, 0.25) is 0 Å². The first-order valence-electron chi connectivity index (χ1n) is 8.12. The molecular weight excluding hydrogens is 359 g/mol. The van der Waals surface area contributed by atoms with Crippen molar-refractivity contribution >= 4 is 21.6 Å². The Kier molecular flexibility index (Phi) is 5.17. The van der Waals surface area contributed by atoms with E-state index in [1.165, 1.54) is 24.5 Å². The first-order chi connectivity index (χ1) is 12.3. The zero-order valence-corrected chi connectivity index (χ0v) is 15.0. The van der Waals surface area contributed by atoms with E-state index < -0.39 is 9.84 Å². The second-order valence-corrected chi connectivity index (χ2v) is 8.47. The normalized spacial score (nSPS) is 18.5. The third kappa shape index (κ3) is 4.34. The number of anilines is 1. The van der Waals surface area contributed by atoms with Crippen molar-refractivity contribution in [3.63, 3.8) is 0 Å². The van der Waals surface area contributed by atoms with E-state index in [9.17, 15) is 17.6 Å². The molecule has 2 aromatic rings. The van der Waals surface area contributed by atoms with Crippen LogP contribution in [0, 0.1) is 5.82 Å². The minimum atomic E-state index is -3.01. The highest BCUT2D eigenvalue weighted by Gasteiger charge is 2.31. The van der Waals surface area contributed by atoms with E-state index in [0.29, 0.717) is 12.2 Å². The van der Waals surface area contributed by atoms with Gasteiger partial charge in [0, 0.05) is 25.7 Å². The monoisotopic (exact) mass is 378 g/mol. The predicted molar refractivity (Wildman–Crippen MR) is 95.1 cm³/mol. The fourth-order valence-corrected chi connectivity index (χ4v) is 4.58. The van der Waals surface area contributed by atoms with Crippen molar-refractivity contribution in [3.05, 3.63) is 53.7 Å². The van der Waals surface area contributed by atoms with Crippen LogP contribution in [0.4, 0.5) is 10.2 Å². The molecule has 1 aliphatic heterocycles. The van der Waals surface area contributed by atoms with Crippen molar-refractivity contribution in [2.75, 3.05) is 23.5 Å². The molecule has 3 rings (SSSR count). The molecule has 1 aliphatic rings. The molecule has 1 atom stereocenters. The van der Waals surface area contributed by atoms with E-state index in [1.54, 1.807) is 24.1 Å². The average Bonchev–Trinajstić information content (AvgIpc) is 3.00. The van der Waals surface area contributed by atoms with Gasteiger partial charge in [0.15, 0.2) is 9.84 Å². The lowest BCUT2D eigenvalue weighted by atomic mass is 10.2. The van der Waals surface area contributed by atoms with E-state index in [1.807, 2.05) is 0 Å². The third-order valence-corrected chi connectivity index (χ3v) is 6.12. The van der Waals surface area contributed by atoms with Crippen molar-refractivity contribution in [2.24, 2.45) is 0 Å². The summed E-state index contributed by atoms with van der Waals surface area (Å²) in [6, 6.07) is 7.21. The first kappa shape index (κ1) is 18.2. The number of nitrogens with zero attached hydrogens (tertiary/aromatic N) is 3. The molecule has 1 saturated heterocycles. The van der Waals surface area contributed by atoms with Gasteiger partial charge in [-0.1, -0.05) is 12.1 Å². The molecule has 0 radical (unpaired) electrons. The number of rotatable bonds is 5. The number of nitrogens with one attached hydrogen (secondary N) is 1. The van der Waals surface area contributed by atoms with Gasteiger partial charge >= 0.3 is 0 Å². The van der Waals surface area contributed by atoms with Gasteiger partial charge in [-0.3, -0.25) is 4.79 Å². The van der Waals surface area contributed by atoms with Crippen molar-refractivity contribution in [2.45, 2.75) is 19.0 Å². The molecular formula is C17H19FN4O3S. The van der Waals surface area contributed by atoms with E-state index in [4.69, 9.17) is 0 Å². The van der Waals surface area contributed by atoms with E-state index >= 15 is 0 Å². The minimum Gasteiger partial charge on any atom is -0.356 e. The standard InChI is InChI=1S/C17H19FN4O3S/c1-22(14-6-7-26(24,25)10-14)16-8-15(20-11-21-16)17(23)19-9-12-2-4-13(18)5-3-12/h2-5,8,11,14H,6-7,9-10H2,1H3,(H,19,23). The Hall–Kier alpha value is -2.55. The van der Waals surface area contributed by atoms with E-state index in [-0.39, 0.29) is 41.5 Å². The molecule has 1 amide bonds. The van der Waals surface area contributed by atoms with Gasteiger partial charge in [-0.25, -0.2) is 22.8 Å². The molecule has 0 spiro atoms. The number of hydrogen-bond donors (Lipinski definition) is 1. The highest BCUT2D eigenvalue weighted by molar-refractivity contribution is 7.91. The molecule has 9 heteroatoms. The maximum atomic E-state index is 12.9. The van der Waals surface area contributed by atoms with Crippen LogP contribution in [-0.2, 0) is 16.4 Å². The topological polar surface area (TPSA) is 92.3 Å². The lowest BCUT2D eigenvalue weighted by molar-refractivity contribution is 0.0945. The van der Waals surface area contributed by atoms with Crippen molar-refractivity contribution in [1.29, 1.82) is 0 Å². The van der Waals surface area contributed by atoms with Gasteiger partial charge in [-0.05, 0) is 24.1 Å². The maximum absolute atomic E-state index is 12.9. The van der Waals surface area contributed by atoms with Crippen molar-refractivity contribution in [3.8, 4) is 0 Å². The zero-order valence-electron chi connectivity index (χ0n) is 14.2. The molecule has 0 bridgehead atoms. The molecule has 1 N–H and O–H groups in total. The summed E-state index contributed by atoms with van der Waals surface area (Å²) in [5.41, 5.74) is 0.951. The summed E-state index contributed by atoms with van der Waals surface area (Å²) in [7, 11) is -1.25. The fourth-order valence-electron chi connectivity index (χ4n) is 2.81. The van der Waals surface area contributed by atoms with Crippen LogP contribution in [0.3, 0.4) is 0 Å². The second kappa shape index (κ2) is 7.36. The van der Waals surface area contributed by atoms with Crippen LogP contribution in [0.25, 0.3) is 0 Å². The zero-order chi connectivity index (χ0) is 18.7. The maximum Gasteiger partial charge on any atom is 0.270 e. The highest BCUT2D eigenvalue weighted by Crippen LogP contribution is 2.21. The molecule has 7 nitrogen and oxygen atoms in total. The van der Waals surface area contributed by atoms with Crippen molar-refractivity contribution < 1.29 is 17.6 Å². The number of hydrogen-bond acceptors (Lipinski definition) is 6. The summed E-state index contributed by atoms with van der Waals surface area (Å²) in [5.74, 6) is 0.0227. The number of halogens is 1. The molecule has 138 valence electrons. The minimum absolute atomic E-state index is 0.0829. The second-order valence-electron chi connectivity index (χ2n) is 6.24. The van der Waals surface area contributed by atoms with Crippen LogP contribution >= 0.6 is 0 Å². The van der Waals surface area contributed by atoms with Gasteiger partial charge in [0.05, 0.1) is 11.5 Å².